The van der Waals surface area contributed by atoms with Crippen molar-refractivity contribution >= 4 is 0 Å². The average molecular weight is 259 g/mol. The smallest absolute Gasteiger partial charge is 0.394 e. The maximum Gasteiger partial charge on any atom is 0.416 e. The van der Waals surface area contributed by atoms with Crippen LogP contribution in [-0.2, 0) is 6.18 Å². The van der Waals surface area contributed by atoms with Gasteiger partial charge in [0.25, 0.3) is 0 Å². The molecule has 100 valence electrons. The van der Waals surface area contributed by atoms with Gasteiger partial charge in [0.2, 0.25) is 0 Å². The second kappa shape index (κ2) is 5.28. The van der Waals surface area contributed by atoms with Crippen LogP contribution in [0, 0.1) is 0 Å². The normalized spacial score (nSPS) is 19.1. The quantitative estimate of drug-likeness (QED) is 0.902. The first kappa shape index (κ1) is 13.4. The van der Waals surface area contributed by atoms with E-state index in [1.165, 1.54) is 6.07 Å². The van der Waals surface area contributed by atoms with Crippen LogP contribution in [0.1, 0.15) is 30.0 Å². The highest BCUT2D eigenvalue weighted by Gasteiger charge is 2.31. The monoisotopic (exact) mass is 259 g/mol. The first-order valence-corrected chi connectivity index (χ1v) is 6.04. The molecule has 0 spiro atoms. The third-order valence-corrected chi connectivity index (χ3v) is 3.35. The molecular weight excluding hydrogens is 243 g/mol. The van der Waals surface area contributed by atoms with Crippen molar-refractivity contribution in [2.75, 3.05) is 19.7 Å². The lowest BCUT2D eigenvalue weighted by atomic mass is 10.0. The topological polar surface area (TPSA) is 23.5 Å². The van der Waals surface area contributed by atoms with Gasteiger partial charge in [-0.3, -0.25) is 4.90 Å². The van der Waals surface area contributed by atoms with Gasteiger partial charge >= 0.3 is 6.18 Å². The highest BCUT2D eigenvalue weighted by atomic mass is 19.4. The summed E-state index contributed by atoms with van der Waals surface area (Å²) in [5.41, 5.74) is -0.119. The van der Waals surface area contributed by atoms with E-state index in [0.717, 1.165) is 38.1 Å². The predicted octanol–water partition coefficient (Wildman–Crippen LogP) is 2.83. The molecule has 1 N–H and O–H groups in total. The molecule has 0 radical (unpaired) electrons. The number of alkyl halides is 3. The molecule has 2 rings (SSSR count). The first-order valence-electron chi connectivity index (χ1n) is 6.04. The van der Waals surface area contributed by atoms with E-state index in [1.807, 2.05) is 4.90 Å². The summed E-state index contributed by atoms with van der Waals surface area (Å²) in [5, 5.41) is 9.41. The summed E-state index contributed by atoms with van der Waals surface area (Å²) in [6, 6.07) is 4.92. The Hall–Kier alpha value is -1.07. The number of hydrogen-bond donors (Lipinski definition) is 1. The maximum atomic E-state index is 12.6. The van der Waals surface area contributed by atoms with Gasteiger partial charge in [0, 0.05) is 0 Å². The van der Waals surface area contributed by atoms with Gasteiger partial charge in [-0.25, -0.2) is 0 Å². The summed E-state index contributed by atoms with van der Waals surface area (Å²) in [7, 11) is 0. The molecular formula is C13H16F3NO. The summed E-state index contributed by atoms with van der Waals surface area (Å²) in [6.45, 7) is 1.52. The zero-order valence-corrected chi connectivity index (χ0v) is 9.95. The molecule has 1 heterocycles. The van der Waals surface area contributed by atoms with E-state index in [-0.39, 0.29) is 12.6 Å². The Balaban J connectivity index is 2.25. The lowest BCUT2D eigenvalue weighted by Gasteiger charge is -2.26. The number of likely N-dealkylation sites (tertiary alicyclic amines) is 1. The van der Waals surface area contributed by atoms with Crippen LogP contribution in [0.25, 0.3) is 0 Å². The SMILES string of the molecule is OC[C@H](c1cccc(C(F)(F)F)c1)N1CCCC1. The standard InChI is InChI=1S/C13H16F3NO/c14-13(15,16)11-5-3-4-10(8-11)12(9-18)17-6-1-2-7-17/h3-5,8,12,18H,1-2,6-7,9H2/t12-/m1/s1. The zero-order chi connectivity index (χ0) is 13.2. The summed E-state index contributed by atoms with van der Waals surface area (Å²) < 4.78 is 37.9. The largest absolute Gasteiger partial charge is 0.416 e. The van der Waals surface area contributed by atoms with Crippen molar-refractivity contribution < 1.29 is 18.3 Å². The Morgan fingerprint density at radius 2 is 1.89 bits per heavy atom. The van der Waals surface area contributed by atoms with Crippen LogP contribution < -0.4 is 0 Å². The highest BCUT2D eigenvalue weighted by molar-refractivity contribution is 5.28. The number of halogens is 3. The molecule has 5 heteroatoms. The van der Waals surface area contributed by atoms with Crippen molar-refractivity contribution in [3.63, 3.8) is 0 Å². The van der Waals surface area contributed by atoms with E-state index >= 15 is 0 Å². The van der Waals surface area contributed by atoms with Gasteiger partial charge in [0.1, 0.15) is 0 Å². The zero-order valence-electron chi connectivity index (χ0n) is 9.95. The molecule has 0 aliphatic carbocycles. The number of benzene rings is 1. The van der Waals surface area contributed by atoms with Gasteiger partial charge in [-0.1, -0.05) is 12.1 Å². The van der Waals surface area contributed by atoms with Crippen molar-refractivity contribution in [2.24, 2.45) is 0 Å². The van der Waals surface area contributed by atoms with Crippen molar-refractivity contribution in [1.29, 1.82) is 0 Å². The van der Waals surface area contributed by atoms with Gasteiger partial charge < -0.3 is 5.11 Å². The van der Waals surface area contributed by atoms with E-state index < -0.39 is 11.7 Å². The molecule has 1 aromatic carbocycles. The van der Waals surface area contributed by atoms with Crippen LogP contribution in [0.5, 0.6) is 0 Å². The Labute approximate surface area is 104 Å². The molecule has 1 aromatic rings. The number of aliphatic hydroxyl groups is 1. The number of nitrogens with zero attached hydrogens (tertiary/aromatic N) is 1. The Morgan fingerprint density at radius 3 is 2.44 bits per heavy atom. The molecule has 0 aromatic heterocycles. The van der Waals surface area contributed by atoms with Crippen LogP contribution in [0.2, 0.25) is 0 Å². The van der Waals surface area contributed by atoms with Crippen molar-refractivity contribution in [1.82, 2.24) is 4.90 Å². The highest BCUT2D eigenvalue weighted by Crippen LogP contribution is 2.32. The molecule has 1 aliphatic heterocycles. The van der Waals surface area contributed by atoms with E-state index in [1.54, 1.807) is 6.07 Å². The molecule has 1 fully saturated rings. The molecule has 1 saturated heterocycles. The summed E-state index contributed by atoms with van der Waals surface area (Å²) in [6.07, 6.45) is -2.26. The molecule has 1 atom stereocenters. The van der Waals surface area contributed by atoms with Crippen molar-refractivity contribution in [2.45, 2.75) is 25.1 Å². The van der Waals surface area contributed by atoms with E-state index in [4.69, 9.17) is 0 Å². The second-order valence-electron chi connectivity index (χ2n) is 4.56. The van der Waals surface area contributed by atoms with E-state index in [0.29, 0.717) is 5.56 Å². The first-order chi connectivity index (χ1) is 8.52. The Bertz CT molecular complexity index is 399. The van der Waals surface area contributed by atoms with E-state index in [9.17, 15) is 18.3 Å². The van der Waals surface area contributed by atoms with Crippen LogP contribution in [0.3, 0.4) is 0 Å². The summed E-state index contributed by atoms with van der Waals surface area (Å²) in [5.74, 6) is 0. The van der Waals surface area contributed by atoms with Crippen molar-refractivity contribution in [3.8, 4) is 0 Å². The minimum absolute atomic E-state index is 0.151. The second-order valence-corrected chi connectivity index (χ2v) is 4.56. The van der Waals surface area contributed by atoms with Gasteiger partial charge in [0.05, 0.1) is 18.2 Å². The molecule has 2 nitrogen and oxygen atoms in total. The number of aliphatic hydroxyl groups excluding tert-OH is 1. The summed E-state index contributed by atoms with van der Waals surface area (Å²) >= 11 is 0. The lowest BCUT2D eigenvalue weighted by molar-refractivity contribution is -0.137. The Morgan fingerprint density at radius 1 is 1.22 bits per heavy atom. The Kier molecular flexibility index (Phi) is 3.92. The number of rotatable bonds is 3. The maximum absolute atomic E-state index is 12.6. The lowest BCUT2D eigenvalue weighted by Crippen LogP contribution is -2.28. The third-order valence-electron chi connectivity index (χ3n) is 3.35. The fourth-order valence-corrected chi connectivity index (χ4v) is 2.41. The van der Waals surface area contributed by atoms with Crippen LogP contribution in [0.4, 0.5) is 13.2 Å². The van der Waals surface area contributed by atoms with Crippen LogP contribution in [0.15, 0.2) is 24.3 Å². The van der Waals surface area contributed by atoms with Gasteiger partial charge in [0.15, 0.2) is 0 Å². The van der Waals surface area contributed by atoms with E-state index in [2.05, 4.69) is 0 Å². The van der Waals surface area contributed by atoms with Gasteiger partial charge in [-0.2, -0.15) is 13.2 Å². The number of hydrogen-bond acceptors (Lipinski definition) is 2. The van der Waals surface area contributed by atoms with Crippen LogP contribution in [-0.4, -0.2) is 29.7 Å². The van der Waals surface area contributed by atoms with Crippen LogP contribution >= 0.6 is 0 Å². The fraction of sp³-hybridized carbons (Fsp3) is 0.538. The minimum atomic E-state index is -4.33. The average Bonchev–Trinajstić information content (AvgIpc) is 2.83. The molecule has 1 aliphatic rings. The molecule has 0 bridgehead atoms. The molecule has 0 amide bonds. The summed E-state index contributed by atoms with van der Waals surface area (Å²) in [4.78, 5) is 2.04. The third kappa shape index (κ3) is 2.84. The molecule has 18 heavy (non-hydrogen) atoms. The molecule has 0 saturated carbocycles. The van der Waals surface area contributed by atoms with Gasteiger partial charge in [-0.15, -0.1) is 0 Å². The fourth-order valence-electron chi connectivity index (χ4n) is 2.41. The van der Waals surface area contributed by atoms with Crippen molar-refractivity contribution in [3.05, 3.63) is 35.4 Å². The van der Waals surface area contributed by atoms with Gasteiger partial charge in [-0.05, 0) is 43.6 Å². The molecule has 0 unspecified atom stereocenters. The minimum Gasteiger partial charge on any atom is -0.394 e. The predicted molar refractivity (Wildman–Crippen MR) is 62.1 cm³/mol.